The number of amides is 1. The van der Waals surface area contributed by atoms with Crippen molar-refractivity contribution >= 4 is 40.9 Å². The van der Waals surface area contributed by atoms with Crippen LogP contribution in [0.4, 0.5) is 4.79 Å². The maximum absolute atomic E-state index is 13.0. The summed E-state index contributed by atoms with van der Waals surface area (Å²) in [5.74, 6) is 1.85. The Balaban J connectivity index is 1.41. The standard InChI is InChI=1S/C23H27Cl3N2O3/c1-30-15-3-2-13-8-18-21-5-4-17-19(22(21,6-7-27-18)16(13)9-15)14(10-21)11-28(17)20(29)31-12-23(24,25)26/h2-3,9,14,17-19,27H,4-8,10-12H2,1H3/t14-,17?,18?,19?,21?,22?/m1/s1. The minimum atomic E-state index is -1.59. The molecule has 0 spiro atoms. The predicted molar refractivity (Wildman–Crippen MR) is 120 cm³/mol. The first-order chi connectivity index (χ1) is 14.8. The first-order valence-corrected chi connectivity index (χ1v) is 12.3. The van der Waals surface area contributed by atoms with E-state index in [9.17, 15) is 4.79 Å². The number of hydrogen-bond donors (Lipinski definition) is 1. The van der Waals surface area contributed by atoms with Gasteiger partial charge in [-0.15, -0.1) is 0 Å². The van der Waals surface area contributed by atoms with Crippen molar-refractivity contribution in [3.05, 3.63) is 29.3 Å². The summed E-state index contributed by atoms with van der Waals surface area (Å²) in [5.41, 5.74) is 3.26. The molecule has 8 heteroatoms. The van der Waals surface area contributed by atoms with E-state index in [1.54, 1.807) is 7.11 Å². The number of alkyl halides is 3. The molecule has 0 radical (unpaired) electrons. The molecule has 2 heterocycles. The van der Waals surface area contributed by atoms with E-state index >= 15 is 0 Å². The van der Waals surface area contributed by atoms with Gasteiger partial charge in [-0.2, -0.15) is 0 Å². The number of nitrogens with zero attached hydrogens (tertiary/aromatic N) is 1. The molecular weight excluding hydrogens is 459 g/mol. The molecule has 3 aliphatic carbocycles. The summed E-state index contributed by atoms with van der Waals surface area (Å²) in [5, 5.41) is 3.88. The Bertz CT molecular complexity index is 937. The molecule has 2 saturated carbocycles. The molecule has 6 rings (SSSR count). The van der Waals surface area contributed by atoms with Crippen LogP contribution in [0.2, 0.25) is 0 Å². The van der Waals surface area contributed by atoms with E-state index in [0.717, 1.165) is 50.9 Å². The molecule has 2 saturated heterocycles. The van der Waals surface area contributed by atoms with Gasteiger partial charge in [-0.05, 0) is 79.2 Å². The fraction of sp³-hybridized carbons (Fsp3) is 0.696. The van der Waals surface area contributed by atoms with Gasteiger partial charge in [0.25, 0.3) is 0 Å². The Labute approximate surface area is 197 Å². The average molecular weight is 486 g/mol. The lowest BCUT2D eigenvalue weighted by atomic mass is 9.44. The number of carbonyl (C=O) groups excluding carboxylic acids is 1. The van der Waals surface area contributed by atoms with E-state index in [1.807, 2.05) is 4.90 Å². The zero-order valence-electron chi connectivity index (χ0n) is 17.5. The maximum atomic E-state index is 13.0. The summed E-state index contributed by atoms with van der Waals surface area (Å²) in [6.45, 7) is 1.54. The predicted octanol–water partition coefficient (Wildman–Crippen LogP) is 4.46. The van der Waals surface area contributed by atoms with Crippen molar-refractivity contribution in [1.29, 1.82) is 0 Å². The maximum Gasteiger partial charge on any atom is 0.410 e. The van der Waals surface area contributed by atoms with Gasteiger partial charge in [0.05, 0.1) is 7.11 Å². The van der Waals surface area contributed by atoms with Crippen LogP contribution in [-0.4, -0.2) is 53.7 Å². The second kappa shape index (κ2) is 6.82. The molecule has 0 aromatic heterocycles. The van der Waals surface area contributed by atoms with Gasteiger partial charge in [0.2, 0.25) is 3.79 Å². The SMILES string of the molecule is COc1ccc2c(c1)C13CCNC(C2)C12CCC1C3[C@@H](CN1C(=O)OCC(Cl)(Cl)Cl)C2. The Morgan fingerprint density at radius 2 is 2.16 bits per heavy atom. The summed E-state index contributed by atoms with van der Waals surface area (Å²) < 4.78 is 9.45. The lowest BCUT2D eigenvalue weighted by Crippen LogP contribution is -2.69. The van der Waals surface area contributed by atoms with Gasteiger partial charge in [0.1, 0.15) is 12.4 Å². The number of ether oxygens (including phenoxy) is 2. The molecular formula is C23H27Cl3N2O3. The van der Waals surface area contributed by atoms with Crippen LogP contribution in [0, 0.1) is 17.3 Å². The van der Waals surface area contributed by atoms with Crippen LogP contribution in [0.5, 0.6) is 5.75 Å². The second-order valence-electron chi connectivity index (χ2n) is 10.0. The van der Waals surface area contributed by atoms with Gasteiger partial charge in [-0.3, -0.25) is 0 Å². The Morgan fingerprint density at radius 3 is 2.94 bits per heavy atom. The van der Waals surface area contributed by atoms with Crippen molar-refractivity contribution in [2.45, 2.75) is 53.4 Å². The first-order valence-electron chi connectivity index (χ1n) is 11.2. The van der Waals surface area contributed by atoms with Crippen LogP contribution in [0.3, 0.4) is 0 Å². The summed E-state index contributed by atoms with van der Waals surface area (Å²) in [7, 11) is 1.74. The molecule has 4 bridgehead atoms. The normalized spacial score (nSPS) is 39.7. The Kier molecular flexibility index (Phi) is 4.55. The van der Waals surface area contributed by atoms with Crippen LogP contribution < -0.4 is 10.1 Å². The third kappa shape index (κ3) is 2.70. The largest absolute Gasteiger partial charge is 0.497 e. The molecule has 5 unspecified atom stereocenters. The smallest absolute Gasteiger partial charge is 0.410 e. The number of hydrogen-bond acceptors (Lipinski definition) is 4. The van der Waals surface area contributed by atoms with Crippen molar-refractivity contribution in [3.8, 4) is 5.75 Å². The topological polar surface area (TPSA) is 50.8 Å². The molecule has 2 aliphatic heterocycles. The lowest BCUT2D eigenvalue weighted by Gasteiger charge is -2.64. The van der Waals surface area contributed by atoms with Gasteiger partial charge in [-0.25, -0.2) is 4.79 Å². The summed E-state index contributed by atoms with van der Waals surface area (Å²) in [4.78, 5) is 14.9. The number of piperidine rings is 1. The van der Waals surface area contributed by atoms with Crippen LogP contribution in [0.25, 0.3) is 0 Å². The third-order valence-corrected chi connectivity index (χ3v) is 9.44. The summed E-state index contributed by atoms with van der Waals surface area (Å²) in [6.07, 6.45) is 5.16. The van der Waals surface area contributed by atoms with E-state index in [-0.39, 0.29) is 29.6 Å². The Hall–Kier alpha value is -0.880. The van der Waals surface area contributed by atoms with Gasteiger partial charge < -0.3 is 19.7 Å². The quantitative estimate of drug-likeness (QED) is 0.629. The number of benzene rings is 1. The number of carbonyl (C=O) groups is 1. The van der Waals surface area contributed by atoms with Crippen LogP contribution in [0.15, 0.2) is 18.2 Å². The summed E-state index contributed by atoms with van der Waals surface area (Å²) in [6, 6.07) is 7.33. The number of rotatable bonds is 2. The van der Waals surface area contributed by atoms with Crippen molar-refractivity contribution < 1.29 is 14.3 Å². The molecule has 31 heavy (non-hydrogen) atoms. The second-order valence-corrected chi connectivity index (χ2v) is 12.5. The van der Waals surface area contributed by atoms with Crippen LogP contribution >= 0.6 is 34.8 Å². The lowest BCUT2D eigenvalue weighted by molar-refractivity contribution is -0.0469. The van der Waals surface area contributed by atoms with E-state index in [2.05, 4.69) is 23.5 Å². The molecule has 168 valence electrons. The number of methoxy groups -OCH3 is 1. The van der Waals surface area contributed by atoms with E-state index in [1.165, 1.54) is 11.1 Å². The highest BCUT2D eigenvalue weighted by atomic mass is 35.6. The monoisotopic (exact) mass is 484 g/mol. The van der Waals surface area contributed by atoms with Gasteiger partial charge in [0.15, 0.2) is 0 Å². The number of likely N-dealkylation sites (tertiary alicyclic amines) is 1. The van der Waals surface area contributed by atoms with Crippen molar-refractivity contribution in [3.63, 3.8) is 0 Å². The highest BCUT2D eigenvalue weighted by Gasteiger charge is 2.75. The molecule has 5 nitrogen and oxygen atoms in total. The average Bonchev–Trinajstić information content (AvgIpc) is 3.17. The molecule has 6 atom stereocenters. The van der Waals surface area contributed by atoms with Crippen LogP contribution in [-0.2, 0) is 16.6 Å². The zero-order chi connectivity index (χ0) is 21.6. The fourth-order valence-electron chi connectivity index (χ4n) is 8.44. The molecule has 1 N–H and O–H groups in total. The molecule has 1 aromatic carbocycles. The number of nitrogens with one attached hydrogen (secondary N) is 1. The zero-order valence-corrected chi connectivity index (χ0v) is 19.8. The number of fused-ring (bicyclic) bond motifs is 1. The molecule has 4 fully saturated rings. The highest BCUT2D eigenvalue weighted by Crippen LogP contribution is 2.74. The van der Waals surface area contributed by atoms with Gasteiger partial charge >= 0.3 is 6.09 Å². The highest BCUT2D eigenvalue weighted by molar-refractivity contribution is 6.67. The van der Waals surface area contributed by atoms with Crippen molar-refractivity contribution in [1.82, 2.24) is 10.2 Å². The van der Waals surface area contributed by atoms with Gasteiger partial charge in [0, 0.05) is 24.0 Å². The van der Waals surface area contributed by atoms with Gasteiger partial charge in [-0.1, -0.05) is 40.9 Å². The van der Waals surface area contributed by atoms with Crippen molar-refractivity contribution in [2.75, 3.05) is 26.8 Å². The fourth-order valence-corrected chi connectivity index (χ4v) is 8.61. The Morgan fingerprint density at radius 1 is 1.32 bits per heavy atom. The molecule has 5 aliphatic rings. The van der Waals surface area contributed by atoms with E-state index in [0.29, 0.717) is 17.9 Å². The molecule has 1 aromatic rings. The van der Waals surface area contributed by atoms with E-state index < -0.39 is 3.79 Å². The number of halogens is 3. The first kappa shape index (κ1) is 20.7. The van der Waals surface area contributed by atoms with Crippen molar-refractivity contribution in [2.24, 2.45) is 17.3 Å². The summed E-state index contributed by atoms with van der Waals surface area (Å²) >= 11 is 17.5. The molecule has 1 amide bonds. The third-order valence-electron chi connectivity index (χ3n) is 9.12. The minimum Gasteiger partial charge on any atom is -0.497 e. The van der Waals surface area contributed by atoms with Crippen LogP contribution in [0.1, 0.15) is 36.8 Å². The van der Waals surface area contributed by atoms with E-state index in [4.69, 9.17) is 44.3 Å². The minimum absolute atomic E-state index is 0.0862.